The summed E-state index contributed by atoms with van der Waals surface area (Å²) in [5.41, 5.74) is 2.30. The highest BCUT2D eigenvalue weighted by Gasteiger charge is 2.38. The molecule has 0 radical (unpaired) electrons. The van der Waals surface area contributed by atoms with E-state index in [9.17, 15) is 20.1 Å². The van der Waals surface area contributed by atoms with Gasteiger partial charge in [0.2, 0.25) is 5.91 Å². The molecular weight excluding hydrogens is 540 g/mol. The molecule has 0 N–H and O–H groups in total. The number of likely N-dealkylation sites (N-methyl/N-ethyl adjacent to an activating group) is 1. The number of carbonyl (C=O) groups is 2. The van der Waals surface area contributed by atoms with Crippen LogP contribution in [0, 0.1) is 22.7 Å². The number of carbonyl (C=O) groups excluding carboxylic acids is 2. The molecule has 10 nitrogen and oxygen atoms in total. The van der Waals surface area contributed by atoms with E-state index < -0.39 is 0 Å². The fourth-order valence-electron chi connectivity index (χ4n) is 6.55. The molecule has 0 unspecified atom stereocenters. The molecule has 3 aliphatic heterocycles. The Labute approximate surface area is 251 Å². The third-order valence-electron chi connectivity index (χ3n) is 8.84. The van der Waals surface area contributed by atoms with Crippen molar-refractivity contribution in [2.75, 3.05) is 74.1 Å². The number of amides is 2. The van der Waals surface area contributed by atoms with Crippen molar-refractivity contribution < 1.29 is 9.59 Å². The first kappa shape index (κ1) is 28.2. The third-order valence-corrected chi connectivity index (χ3v) is 8.84. The molecular formula is C33H34N8O2. The van der Waals surface area contributed by atoms with Crippen molar-refractivity contribution in [1.82, 2.24) is 14.8 Å². The molecule has 43 heavy (non-hydrogen) atoms. The lowest BCUT2D eigenvalue weighted by atomic mass is 9.93. The molecule has 2 fully saturated rings. The Morgan fingerprint density at radius 2 is 1.74 bits per heavy atom. The van der Waals surface area contributed by atoms with Crippen LogP contribution in [0.25, 0.3) is 10.8 Å². The summed E-state index contributed by atoms with van der Waals surface area (Å²) in [7, 11) is 2.07. The predicted octanol–water partition coefficient (Wildman–Crippen LogP) is 3.18. The van der Waals surface area contributed by atoms with Crippen molar-refractivity contribution in [3.05, 3.63) is 71.8 Å². The quantitative estimate of drug-likeness (QED) is 0.428. The number of nitriles is 2. The van der Waals surface area contributed by atoms with Crippen LogP contribution < -0.4 is 14.7 Å². The summed E-state index contributed by atoms with van der Waals surface area (Å²) in [5.74, 6) is 0.789. The zero-order valence-corrected chi connectivity index (χ0v) is 24.4. The lowest BCUT2D eigenvalue weighted by molar-refractivity contribution is -0.128. The maximum Gasteiger partial charge on any atom is 0.260 e. The van der Waals surface area contributed by atoms with E-state index in [1.807, 2.05) is 42.5 Å². The van der Waals surface area contributed by atoms with Gasteiger partial charge in [0, 0.05) is 63.3 Å². The second kappa shape index (κ2) is 11.7. The molecule has 1 atom stereocenters. The topological polar surface area (TPSA) is 111 Å². The van der Waals surface area contributed by atoms with Crippen LogP contribution in [0.2, 0.25) is 0 Å². The SMILES string of the molecule is C=CC(=O)N1CCN(c2nc(N3CCN(C)CC3)c(C#N)c3c2CCN(c2cccc4ccccc24)C3=O)C[C@H]1CC#N. The van der Waals surface area contributed by atoms with Gasteiger partial charge >= 0.3 is 0 Å². The van der Waals surface area contributed by atoms with Gasteiger partial charge in [-0.25, -0.2) is 4.98 Å². The van der Waals surface area contributed by atoms with Gasteiger partial charge in [-0.2, -0.15) is 10.5 Å². The number of fused-ring (bicyclic) bond motifs is 2. The Kier molecular flexibility index (Phi) is 7.71. The van der Waals surface area contributed by atoms with E-state index in [-0.39, 0.29) is 24.3 Å². The first-order valence-corrected chi connectivity index (χ1v) is 14.7. The van der Waals surface area contributed by atoms with Crippen molar-refractivity contribution >= 4 is 39.9 Å². The number of piperazine rings is 2. The molecule has 3 aliphatic rings. The molecule has 3 aromatic rings. The standard InChI is InChI=1S/C33H34N8O2/c1-3-29(42)40-20-19-39(22-24(40)11-13-34)31-26-12-14-41(28-10-6-8-23-7-4-5-9-25(23)28)33(43)30(26)27(21-35)32(36-31)38-17-15-37(2)16-18-38/h3-10,24H,1,11-12,14-20,22H2,2H3/t24-/m1/s1. The predicted molar refractivity (Wildman–Crippen MR) is 166 cm³/mol. The van der Waals surface area contributed by atoms with Gasteiger partial charge in [-0.1, -0.05) is 43.0 Å². The van der Waals surface area contributed by atoms with E-state index in [0.717, 1.165) is 35.1 Å². The smallest absolute Gasteiger partial charge is 0.260 e. The molecule has 2 amide bonds. The van der Waals surface area contributed by atoms with Gasteiger partial charge in [0.1, 0.15) is 23.3 Å². The Morgan fingerprint density at radius 3 is 2.49 bits per heavy atom. The van der Waals surface area contributed by atoms with Crippen LogP contribution in [0.15, 0.2) is 55.1 Å². The fourth-order valence-corrected chi connectivity index (χ4v) is 6.55. The minimum atomic E-state index is -0.337. The first-order valence-electron chi connectivity index (χ1n) is 14.7. The summed E-state index contributed by atoms with van der Waals surface area (Å²) in [6.07, 6.45) is 1.99. The molecule has 218 valence electrons. The van der Waals surface area contributed by atoms with E-state index in [2.05, 4.69) is 40.5 Å². The molecule has 10 heteroatoms. The number of aromatic nitrogens is 1. The molecule has 0 bridgehead atoms. The number of benzene rings is 2. The number of hydrogen-bond donors (Lipinski definition) is 0. The summed E-state index contributed by atoms with van der Waals surface area (Å²) in [4.78, 5) is 42.1. The zero-order chi connectivity index (χ0) is 30.1. The van der Waals surface area contributed by atoms with Gasteiger partial charge in [-0.05, 0) is 31.0 Å². The number of nitrogens with zero attached hydrogens (tertiary/aromatic N) is 8. The van der Waals surface area contributed by atoms with Crippen molar-refractivity contribution in [2.24, 2.45) is 0 Å². The minimum absolute atomic E-state index is 0.174. The maximum absolute atomic E-state index is 14.5. The van der Waals surface area contributed by atoms with Crippen molar-refractivity contribution in [3.8, 4) is 12.1 Å². The Balaban J connectivity index is 1.47. The largest absolute Gasteiger partial charge is 0.353 e. The zero-order valence-electron chi connectivity index (χ0n) is 24.4. The van der Waals surface area contributed by atoms with Gasteiger partial charge in [0.15, 0.2) is 0 Å². The van der Waals surface area contributed by atoms with Crippen molar-refractivity contribution in [3.63, 3.8) is 0 Å². The Morgan fingerprint density at radius 1 is 1.00 bits per heavy atom. The van der Waals surface area contributed by atoms with Crippen molar-refractivity contribution in [2.45, 2.75) is 18.9 Å². The highest BCUT2D eigenvalue weighted by atomic mass is 16.2. The van der Waals surface area contributed by atoms with Gasteiger partial charge in [-0.15, -0.1) is 0 Å². The monoisotopic (exact) mass is 574 g/mol. The van der Waals surface area contributed by atoms with E-state index in [4.69, 9.17) is 4.98 Å². The lowest BCUT2D eigenvalue weighted by Crippen LogP contribution is -2.55. The van der Waals surface area contributed by atoms with Gasteiger partial charge < -0.3 is 24.5 Å². The molecule has 6 rings (SSSR count). The Bertz CT molecular complexity index is 1680. The molecule has 0 aliphatic carbocycles. The summed E-state index contributed by atoms with van der Waals surface area (Å²) in [5, 5.41) is 22.1. The maximum atomic E-state index is 14.5. The first-order chi connectivity index (χ1) is 20.9. The fraction of sp³-hybridized carbons (Fsp3) is 0.364. The number of pyridine rings is 1. The van der Waals surface area contributed by atoms with Crippen molar-refractivity contribution in [1.29, 1.82) is 10.5 Å². The average molecular weight is 575 g/mol. The lowest BCUT2D eigenvalue weighted by Gasteiger charge is -2.43. The summed E-state index contributed by atoms with van der Waals surface area (Å²) in [6.45, 7) is 8.41. The van der Waals surface area contributed by atoms with Crippen LogP contribution in [-0.2, 0) is 11.2 Å². The molecule has 2 aromatic carbocycles. The van der Waals surface area contributed by atoms with Crippen LogP contribution in [0.5, 0.6) is 0 Å². The second-order valence-electron chi connectivity index (χ2n) is 11.3. The molecule has 2 saturated heterocycles. The highest BCUT2D eigenvalue weighted by molar-refractivity contribution is 6.14. The normalized spacial score (nSPS) is 19.1. The molecule has 4 heterocycles. The molecule has 0 spiro atoms. The van der Waals surface area contributed by atoms with E-state index in [1.54, 1.807) is 9.80 Å². The van der Waals surface area contributed by atoms with Gasteiger partial charge in [0.05, 0.1) is 29.8 Å². The summed E-state index contributed by atoms with van der Waals surface area (Å²) in [6, 6.07) is 18.2. The van der Waals surface area contributed by atoms with Crippen LogP contribution in [0.4, 0.5) is 17.3 Å². The molecule has 1 aromatic heterocycles. The van der Waals surface area contributed by atoms with Crippen LogP contribution in [0.1, 0.15) is 27.9 Å². The van der Waals surface area contributed by atoms with Gasteiger partial charge in [-0.3, -0.25) is 9.59 Å². The van der Waals surface area contributed by atoms with E-state index >= 15 is 0 Å². The highest BCUT2D eigenvalue weighted by Crippen LogP contribution is 2.39. The van der Waals surface area contributed by atoms with E-state index in [0.29, 0.717) is 68.5 Å². The van der Waals surface area contributed by atoms with Gasteiger partial charge in [0.25, 0.3) is 5.91 Å². The average Bonchev–Trinajstić information content (AvgIpc) is 3.04. The third kappa shape index (κ3) is 5.04. The number of anilines is 3. The number of hydrogen-bond acceptors (Lipinski definition) is 8. The van der Waals surface area contributed by atoms with Crippen LogP contribution >= 0.6 is 0 Å². The number of rotatable bonds is 5. The van der Waals surface area contributed by atoms with E-state index in [1.165, 1.54) is 6.08 Å². The Hall–Kier alpha value is -4.93. The summed E-state index contributed by atoms with van der Waals surface area (Å²) < 4.78 is 0. The van der Waals surface area contributed by atoms with Crippen LogP contribution in [-0.4, -0.2) is 92.0 Å². The summed E-state index contributed by atoms with van der Waals surface area (Å²) >= 11 is 0. The minimum Gasteiger partial charge on any atom is -0.353 e. The second-order valence-corrected chi connectivity index (χ2v) is 11.3. The molecule has 0 saturated carbocycles. The van der Waals surface area contributed by atoms with Crippen LogP contribution in [0.3, 0.4) is 0 Å².